The number of aromatic nitrogens is 3. The molecule has 4 aromatic rings. The van der Waals surface area contributed by atoms with Crippen molar-refractivity contribution in [2.24, 2.45) is 0 Å². The van der Waals surface area contributed by atoms with E-state index in [0.29, 0.717) is 49.1 Å². The van der Waals surface area contributed by atoms with Crippen LogP contribution < -0.4 is 5.32 Å². The fourth-order valence-corrected chi connectivity index (χ4v) is 4.30. The Bertz CT molecular complexity index is 1310. The molecule has 2 aromatic heterocycles. The first-order valence-corrected chi connectivity index (χ1v) is 11.5. The van der Waals surface area contributed by atoms with Crippen LogP contribution in [0, 0.1) is 5.82 Å². The maximum atomic E-state index is 13.4. The summed E-state index contributed by atoms with van der Waals surface area (Å²) in [5, 5.41) is 9.05. The molecule has 1 fully saturated rings. The van der Waals surface area contributed by atoms with Crippen LogP contribution in [0.1, 0.15) is 21.0 Å². The highest BCUT2D eigenvalue weighted by Gasteiger charge is 2.21. The molecule has 1 N–H and O–H groups in total. The van der Waals surface area contributed by atoms with Gasteiger partial charge in [0.1, 0.15) is 5.82 Å². The van der Waals surface area contributed by atoms with Crippen molar-refractivity contribution in [2.45, 2.75) is 0 Å². The minimum absolute atomic E-state index is 0.0439. The standard InChI is InChI=1S/C24H20FN5O3S/c25-17-6-8-19(9-7-17)30-22(20-5-2-14-34-20)27-21(28-30)23(31)26-18-4-1-3-16(15-18)24(32)29-10-12-33-13-11-29/h1-9,14-15H,10-13H2,(H,26,31). The number of anilines is 1. The van der Waals surface area contributed by atoms with Gasteiger partial charge in [-0.3, -0.25) is 9.59 Å². The first-order valence-electron chi connectivity index (χ1n) is 10.6. The number of hydrogen-bond acceptors (Lipinski definition) is 6. The summed E-state index contributed by atoms with van der Waals surface area (Å²) in [6, 6.07) is 16.3. The average molecular weight is 478 g/mol. The van der Waals surface area contributed by atoms with E-state index < -0.39 is 5.91 Å². The van der Waals surface area contributed by atoms with Crippen molar-refractivity contribution in [3.05, 3.63) is 83.2 Å². The Kier molecular flexibility index (Phi) is 6.15. The van der Waals surface area contributed by atoms with Gasteiger partial charge in [-0.1, -0.05) is 12.1 Å². The van der Waals surface area contributed by atoms with E-state index in [0.717, 1.165) is 4.88 Å². The number of carbonyl (C=O) groups excluding carboxylic acids is 2. The van der Waals surface area contributed by atoms with Crippen molar-refractivity contribution in [3.8, 4) is 16.4 Å². The van der Waals surface area contributed by atoms with Crippen LogP contribution >= 0.6 is 11.3 Å². The van der Waals surface area contributed by atoms with Gasteiger partial charge in [-0.15, -0.1) is 16.4 Å². The molecule has 0 atom stereocenters. The molecule has 2 aromatic carbocycles. The van der Waals surface area contributed by atoms with Gasteiger partial charge < -0.3 is 15.0 Å². The lowest BCUT2D eigenvalue weighted by atomic mass is 10.1. The predicted octanol–water partition coefficient (Wildman–Crippen LogP) is 3.86. The summed E-state index contributed by atoms with van der Waals surface area (Å²) >= 11 is 1.46. The van der Waals surface area contributed by atoms with Crippen LogP contribution in [0.25, 0.3) is 16.4 Å². The molecule has 34 heavy (non-hydrogen) atoms. The largest absolute Gasteiger partial charge is 0.378 e. The highest BCUT2D eigenvalue weighted by molar-refractivity contribution is 7.13. The lowest BCUT2D eigenvalue weighted by molar-refractivity contribution is 0.0303. The van der Waals surface area contributed by atoms with E-state index in [1.807, 2.05) is 17.5 Å². The number of amides is 2. The minimum atomic E-state index is -0.519. The van der Waals surface area contributed by atoms with Crippen LogP contribution in [0.4, 0.5) is 10.1 Å². The van der Waals surface area contributed by atoms with E-state index in [-0.39, 0.29) is 17.5 Å². The van der Waals surface area contributed by atoms with E-state index in [2.05, 4.69) is 15.4 Å². The Hall–Kier alpha value is -3.89. The van der Waals surface area contributed by atoms with Gasteiger partial charge in [0, 0.05) is 24.3 Å². The van der Waals surface area contributed by atoms with E-state index in [4.69, 9.17) is 4.74 Å². The number of benzene rings is 2. The SMILES string of the molecule is O=C(Nc1cccc(C(=O)N2CCOCC2)c1)c1nc(-c2cccs2)n(-c2ccc(F)cc2)n1. The second-order valence-corrected chi connectivity index (χ2v) is 8.51. The van der Waals surface area contributed by atoms with E-state index in [1.54, 1.807) is 41.3 Å². The molecular weight excluding hydrogens is 457 g/mol. The predicted molar refractivity (Wildman–Crippen MR) is 126 cm³/mol. The molecule has 8 nitrogen and oxygen atoms in total. The quantitative estimate of drug-likeness (QED) is 0.472. The number of ether oxygens (including phenoxy) is 1. The summed E-state index contributed by atoms with van der Waals surface area (Å²) in [6.45, 7) is 2.09. The zero-order valence-corrected chi connectivity index (χ0v) is 18.8. The molecule has 0 radical (unpaired) electrons. The average Bonchev–Trinajstić information content (AvgIpc) is 3.55. The lowest BCUT2D eigenvalue weighted by Gasteiger charge is -2.27. The highest BCUT2D eigenvalue weighted by atomic mass is 32.1. The van der Waals surface area contributed by atoms with Gasteiger partial charge >= 0.3 is 0 Å². The number of thiophene rings is 1. The Morgan fingerprint density at radius 2 is 1.82 bits per heavy atom. The maximum absolute atomic E-state index is 13.4. The normalized spacial score (nSPS) is 13.6. The molecule has 1 aliphatic rings. The molecule has 3 heterocycles. The molecule has 10 heteroatoms. The van der Waals surface area contributed by atoms with Crippen LogP contribution in [0.3, 0.4) is 0 Å². The van der Waals surface area contributed by atoms with Gasteiger partial charge in [-0.25, -0.2) is 14.1 Å². The maximum Gasteiger partial charge on any atom is 0.295 e. The van der Waals surface area contributed by atoms with Crippen molar-refractivity contribution in [1.29, 1.82) is 0 Å². The summed E-state index contributed by atoms with van der Waals surface area (Å²) in [7, 11) is 0. The Balaban J connectivity index is 1.40. The number of nitrogens with zero attached hydrogens (tertiary/aromatic N) is 4. The summed E-state index contributed by atoms with van der Waals surface area (Å²) in [4.78, 5) is 32.8. The van der Waals surface area contributed by atoms with E-state index in [9.17, 15) is 14.0 Å². The van der Waals surface area contributed by atoms with Crippen molar-refractivity contribution < 1.29 is 18.7 Å². The van der Waals surface area contributed by atoms with Crippen molar-refractivity contribution in [3.63, 3.8) is 0 Å². The zero-order chi connectivity index (χ0) is 23.5. The topological polar surface area (TPSA) is 89.4 Å². The van der Waals surface area contributed by atoms with Crippen LogP contribution in [-0.4, -0.2) is 57.8 Å². The monoisotopic (exact) mass is 477 g/mol. The number of nitrogens with one attached hydrogen (secondary N) is 1. The molecule has 0 bridgehead atoms. The Morgan fingerprint density at radius 3 is 2.56 bits per heavy atom. The first kappa shape index (κ1) is 21.9. The third-order valence-corrected chi connectivity index (χ3v) is 6.15. The van der Waals surface area contributed by atoms with Gasteiger partial charge in [-0.05, 0) is 53.9 Å². The lowest BCUT2D eigenvalue weighted by Crippen LogP contribution is -2.40. The molecule has 0 aliphatic carbocycles. The number of hydrogen-bond donors (Lipinski definition) is 1. The van der Waals surface area contributed by atoms with Crippen LogP contribution in [0.2, 0.25) is 0 Å². The molecule has 2 amide bonds. The van der Waals surface area contributed by atoms with Crippen molar-refractivity contribution in [1.82, 2.24) is 19.7 Å². The van der Waals surface area contributed by atoms with Crippen LogP contribution in [0.5, 0.6) is 0 Å². The molecule has 1 aliphatic heterocycles. The summed E-state index contributed by atoms with van der Waals surface area (Å²) in [5.41, 5.74) is 1.51. The third-order valence-electron chi connectivity index (χ3n) is 5.29. The molecule has 0 spiro atoms. The minimum Gasteiger partial charge on any atom is -0.378 e. The molecule has 0 saturated carbocycles. The van der Waals surface area contributed by atoms with Gasteiger partial charge in [-0.2, -0.15) is 0 Å². The molecule has 0 unspecified atom stereocenters. The summed E-state index contributed by atoms with van der Waals surface area (Å²) in [6.07, 6.45) is 0. The number of morpholine rings is 1. The molecular formula is C24H20FN5O3S. The second-order valence-electron chi connectivity index (χ2n) is 7.56. The van der Waals surface area contributed by atoms with Gasteiger partial charge in [0.15, 0.2) is 5.82 Å². The smallest absolute Gasteiger partial charge is 0.295 e. The second kappa shape index (κ2) is 9.54. The van der Waals surface area contributed by atoms with E-state index >= 15 is 0 Å². The molecule has 5 rings (SSSR count). The molecule has 1 saturated heterocycles. The fraction of sp³-hybridized carbons (Fsp3) is 0.167. The summed E-state index contributed by atoms with van der Waals surface area (Å²) < 4.78 is 20.2. The molecule has 172 valence electrons. The highest BCUT2D eigenvalue weighted by Crippen LogP contribution is 2.26. The number of rotatable bonds is 5. The number of carbonyl (C=O) groups is 2. The van der Waals surface area contributed by atoms with Crippen LogP contribution in [-0.2, 0) is 4.74 Å². The van der Waals surface area contributed by atoms with Gasteiger partial charge in [0.05, 0.1) is 23.8 Å². The van der Waals surface area contributed by atoms with Crippen molar-refractivity contribution >= 4 is 28.8 Å². The van der Waals surface area contributed by atoms with Gasteiger partial charge in [0.2, 0.25) is 5.82 Å². The van der Waals surface area contributed by atoms with E-state index in [1.165, 1.54) is 28.2 Å². The summed E-state index contributed by atoms with van der Waals surface area (Å²) in [5.74, 6) is -0.570. The third kappa shape index (κ3) is 4.59. The van der Waals surface area contributed by atoms with Crippen LogP contribution in [0.15, 0.2) is 66.0 Å². The Morgan fingerprint density at radius 1 is 1.03 bits per heavy atom. The first-order chi connectivity index (χ1) is 16.6. The Labute approximate surface area is 198 Å². The number of halogens is 1. The van der Waals surface area contributed by atoms with Crippen molar-refractivity contribution in [2.75, 3.05) is 31.6 Å². The zero-order valence-electron chi connectivity index (χ0n) is 18.0. The van der Waals surface area contributed by atoms with Gasteiger partial charge in [0.25, 0.3) is 11.8 Å². The fourth-order valence-electron chi connectivity index (χ4n) is 3.60.